The number of nitrogen functional groups attached to an aromatic ring is 1. The summed E-state index contributed by atoms with van der Waals surface area (Å²) in [6, 6.07) is 2.09. The summed E-state index contributed by atoms with van der Waals surface area (Å²) in [4.78, 5) is 4.43. The number of hydrogen-bond acceptors (Lipinski definition) is 5. The molecule has 0 radical (unpaired) electrons. The molecule has 0 fully saturated rings. The molecule has 0 saturated heterocycles. The number of benzene rings is 1. The van der Waals surface area contributed by atoms with Gasteiger partial charge in [0.15, 0.2) is 15.9 Å². The van der Waals surface area contributed by atoms with Crippen molar-refractivity contribution in [2.45, 2.75) is 15.8 Å². The van der Waals surface area contributed by atoms with Gasteiger partial charge in [0.25, 0.3) is 0 Å². The summed E-state index contributed by atoms with van der Waals surface area (Å²) < 4.78 is 42.2. The molecule has 1 aromatic carbocycles. The van der Waals surface area contributed by atoms with Gasteiger partial charge in [-0.2, -0.15) is 8.78 Å². The smallest absolute Gasteiger partial charge is 0.387 e. The van der Waals surface area contributed by atoms with Crippen LogP contribution >= 0.6 is 23.1 Å². The SMILES string of the molecule is Nc1cc(F)c(OC(F)F)cc1Sc1nccs1. The van der Waals surface area contributed by atoms with Crippen LogP contribution in [0, 0.1) is 5.82 Å². The molecular weight excluding hydrogens is 285 g/mol. The Morgan fingerprint density at radius 1 is 1.39 bits per heavy atom. The summed E-state index contributed by atoms with van der Waals surface area (Å²) in [7, 11) is 0. The van der Waals surface area contributed by atoms with E-state index in [4.69, 9.17) is 5.73 Å². The van der Waals surface area contributed by atoms with Crippen molar-refractivity contribution in [1.82, 2.24) is 4.98 Å². The monoisotopic (exact) mass is 292 g/mol. The van der Waals surface area contributed by atoms with Crippen molar-refractivity contribution in [3.8, 4) is 5.75 Å². The van der Waals surface area contributed by atoms with E-state index >= 15 is 0 Å². The number of rotatable bonds is 4. The third kappa shape index (κ3) is 3.08. The van der Waals surface area contributed by atoms with Crippen LogP contribution in [0.25, 0.3) is 0 Å². The lowest BCUT2D eigenvalue weighted by atomic mass is 10.3. The van der Waals surface area contributed by atoms with E-state index in [0.717, 1.165) is 23.9 Å². The number of anilines is 1. The van der Waals surface area contributed by atoms with Crippen molar-refractivity contribution < 1.29 is 17.9 Å². The lowest BCUT2D eigenvalue weighted by molar-refractivity contribution is -0.0523. The lowest BCUT2D eigenvalue weighted by Gasteiger charge is -2.09. The Morgan fingerprint density at radius 2 is 2.17 bits per heavy atom. The van der Waals surface area contributed by atoms with E-state index in [0.29, 0.717) is 9.24 Å². The Bertz CT molecular complexity index is 534. The van der Waals surface area contributed by atoms with Gasteiger partial charge in [-0.05, 0) is 6.07 Å². The van der Waals surface area contributed by atoms with Crippen LogP contribution in [-0.2, 0) is 0 Å². The van der Waals surface area contributed by atoms with Gasteiger partial charge in [-0.25, -0.2) is 9.37 Å². The molecule has 2 rings (SSSR count). The third-order valence-corrected chi connectivity index (χ3v) is 3.84. The number of halogens is 3. The van der Waals surface area contributed by atoms with E-state index in [1.807, 2.05) is 0 Å². The van der Waals surface area contributed by atoms with Gasteiger partial charge in [0.2, 0.25) is 0 Å². The minimum absolute atomic E-state index is 0.148. The standard InChI is InChI=1S/C10H7F3N2OS2/c11-5-3-6(14)8(4-7(5)16-9(12)13)18-10-15-1-2-17-10/h1-4,9H,14H2. The van der Waals surface area contributed by atoms with Crippen LogP contribution in [0.5, 0.6) is 5.75 Å². The predicted molar refractivity (Wildman–Crippen MR) is 63.7 cm³/mol. The molecule has 0 aliphatic carbocycles. The van der Waals surface area contributed by atoms with E-state index in [1.165, 1.54) is 11.3 Å². The largest absolute Gasteiger partial charge is 0.432 e. The maximum Gasteiger partial charge on any atom is 0.387 e. The first kappa shape index (κ1) is 13.0. The second kappa shape index (κ2) is 5.49. The Morgan fingerprint density at radius 3 is 2.78 bits per heavy atom. The first-order valence-corrected chi connectivity index (χ1v) is 6.37. The molecule has 96 valence electrons. The molecule has 18 heavy (non-hydrogen) atoms. The topological polar surface area (TPSA) is 48.1 Å². The highest BCUT2D eigenvalue weighted by Crippen LogP contribution is 2.37. The highest BCUT2D eigenvalue weighted by Gasteiger charge is 2.14. The minimum atomic E-state index is -3.08. The summed E-state index contributed by atoms with van der Waals surface area (Å²) in [6.45, 7) is -3.08. The molecule has 0 saturated carbocycles. The summed E-state index contributed by atoms with van der Waals surface area (Å²) in [5.74, 6) is -1.45. The molecule has 0 aliphatic heterocycles. The Labute approximate surface area is 109 Å². The average Bonchev–Trinajstić information content (AvgIpc) is 2.77. The zero-order valence-electron chi connectivity index (χ0n) is 8.77. The average molecular weight is 292 g/mol. The number of nitrogens with zero attached hydrogens (tertiary/aromatic N) is 1. The summed E-state index contributed by atoms with van der Waals surface area (Å²) in [5.41, 5.74) is 5.76. The van der Waals surface area contributed by atoms with Crippen molar-refractivity contribution in [2.75, 3.05) is 5.73 Å². The number of alkyl halides is 2. The first-order valence-electron chi connectivity index (χ1n) is 4.67. The maximum atomic E-state index is 13.3. The van der Waals surface area contributed by atoms with Crippen LogP contribution in [-0.4, -0.2) is 11.6 Å². The van der Waals surface area contributed by atoms with E-state index in [9.17, 15) is 13.2 Å². The number of aromatic nitrogens is 1. The van der Waals surface area contributed by atoms with Gasteiger partial charge in [-0.1, -0.05) is 11.8 Å². The molecule has 0 bridgehead atoms. The first-order chi connectivity index (χ1) is 8.56. The normalized spacial score (nSPS) is 10.9. The quantitative estimate of drug-likeness (QED) is 0.874. The molecule has 0 unspecified atom stereocenters. The van der Waals surface area contributed by atoms with Gasteiger partial charge in [-0.3, -0.25) is 0 Å². The fourth-order valence-corrected chi connectivity index (χ4v) is 2.81. The van der Waals surface area contributed by atoms with Gasteiger partial charge in [-0.15, -0.1) is 11.3 Å². The zero-order valence-corrected chi connectivity index (χ0v) is 10.4. The maximum absolute atomic E-state index is 13.3. The molecular formula is C10H7F3N2OS2. The summed E-state index contributed by atoms with van der Waals surface area (Å²) in [6.07, 6.45) is 1.60. The van der Waals surface area contributed by atoms with Crippen LogP contribution in [0.1, 0.15) is 0 Å². The minimum Gasteiger partial charge on any atom is -0.432 e. The van der Waals surface area contributed by atoms with Crippen molar-refractivity contribution in [3.05, 3.63) is 29.5 Å². The third-order valence-electron chi connectivity index (χ3n) is 1.89. The van der Waals surface area contributed by atoms with Crippen LogP contribution in [0.2, 0.25) is 0 Å². The number of nitrogens with two attached hydrogens (primary N) is 1. The number of ether oxygens (including phenoxy) is 1. The molecule has 0 amide bonds. The number of hydrogen-bond donors (Lipinski definition) is 1. The van der Waals surface area contributed by atoms with Crippen molar-refractivity contribution in [2.24, 2.45) is 0 Å². The fraction of sp³-hybridized carbons (Fsp3) is 0.100. The zero-order chi connectivity index (χ0) is 13.1. The van der Waals surface area contributed by atoms with Crippen LogP contribution < -0.4 is 10.5 Å². The Hall–Kier alpha value is -1.41. The van der Waals surface area contributed by atoms with Gasteiger partial charge >= 0.3 is 6.61 Å². The molecule has 2 aromatic rings. The molecule has 1 heterocycles. The second-order valence-corrected chi connectivity index (χ2v) is 5.28. The number of thiazole rings is 1. The Kier molecular flexibility index (Phi) is 3.97. The van der Waals surface area contributed by atoms with Crippen LogP contribution in [0.4, 0.5) is 18.9 Å². The van der Waals surface area contributed by atoms with E-state index < -0.39 is 18.2 Å². The molecule has 1 aromatic heterocycles. The van der Waals surface area contributed by atoms with Gasteiger partial charge in [0.1, 0.15) is 0 Å². The molecule has 0 spiro atoms. The highest BCUT2D eigenvalue weighted by molar-refractivity contribution is 8.01. The van der Waals surface area contributed by atoms with E-state index in [1.54, 1.807) is 11.6 Å². The van der Waals surface area contributed by atoms with Gasteiger partial charge in [0.05, 0.1) is 0 Å². The van der Waals surface area contributed by atoms with Crippen molar-refractivity contribution >= 4 is 28.8 Å². The van der Waals surface area contributed by atoms with E-state index in [-0.39, 0.29) is 5.69 Å². The molecule has 0 aliphatic rings. The van der Waals surface area contributed by atoms with E-state index in [2.05, 4.69) is 9.72 Å². The highest BCUT2D eigenvalue weighted by atomic mass is 32.2. The Balaban J connectivity index is 2.29. The van der Waals surface area contributed by atoms with Crippen LogP contribution in [0.15, 0.2) is 32.9 Å². The fourth-order valence-electron chi connectivity index (χ4n) is 1.18. The predicted octanol–water partition coefficient (Wildman–Crippen LogP) is 3.62. The molecule has 2 N–H and O–H groups in total. The molecule has 8 heteroatoms. The van der Waals surface area contributed by atoms with Crippen molar-refractivity contribution in [3.63, 3.8) is 0 Å². The molecule has 0 atom stereocenters. The lowest BCUT2D eigenvalue weighted by Crippen LogP contribution is -2.04. The van der Waals surface area contributed by atoms with Crippen LogP contribution in [0.3, 0.4) is 0 Å². The summed E-state index contributed by atoms with van der Waals surface area (Å²) >= 11 is 2.53. The molecule has 3 nitrogen and oxygen atoms in total. The summed E-state index contributed by atoms with van der Waals surface area (Å²) in [5, 5.41) is 1.76. The van der Waals surface area contributed by atoms with Gasteiger partial charge in [0, 0.05) is 28.2 Å². The van der Waals surface area contributed by atoms with Gasteiger partial charge < -0.3 is 10.5 Å². The van der Waals surface area contributed by atoms with Crippen molar-refractivity contribution in [1.29, 1.82) is 0 Å². The second-order valence-electron chi connectivity index (χ2n) is 3.10.